The van der Waals surface area contributed by atoms with Crippen molar-refractivity contribution in [2.45, 2.75) is 82.7 Å². The van der Waals surface area contributed by atoms with Crippen LogP contribution in [0.1, 0.15) is 71.1 Å². The van der Waals surface area contributed by atoms with Crippen LogP contribution in [0.25, 0.3) is 0 Å². The van der Waals surface area contributed by atoms with E-state index in [-0.39, 0.29) is 12.1 Å². The standard InChI is InChI=1S/C16H28N2O3/c1-12-6-8-13(9-7-12)17-15(21)18-16(14(19)20)10-4-2-3-5-11-16/h12-13H,2-11H2,1H3,(H,19,20)(H2,17,18,21). The fourth-order valence-corrected chi connectivity index (χ4v) is 3.57. The maximum Gasteiger partial charge on any atom is 0.329 e. The van der Waals surface area contributed by atoms with Crippen molar-refractivity contribution in [3.05, 3.63) is 0 Å². The molecule has 0 radical (unpaired) electrons. The van der Waals surface area contributed by atoms with Gasteiger partial charge >= 0.3 is 12.0 Å². The van der Waals surface area contributed by atoms with E-state index in [4.69, 9.17) is 0 Å². The van der Waals surface area contributed by atoms with E-state index in [0.717, 1.165) is 57.3 Å². The first-order chi connectivity index (χ1) is 10.0. The minimum Gasteiger partial charge on any atom is -0.480 e. The quantitative estimate of drug-likeness (QED) is 0.700. The van der Waals surface area contributed by atoms with Crippen LogP contribution in [0.2, 0.25) is 0 Å². The molecule has 0 heterocycles. The molecule has 0 saturated heterocycles. The number of urea groups is 1. The number of amides is 2. The molecule has 2 aliphatic carbocycles. The molecule has 2 fully saturated rings. The van der Waals surface area contributed by atoms with Crippen LogP contribution in [0.4, 0.5) is 4.79 Å². The maximum absolute atomic E-state index is 12.2. The molecule has 3 N–H and O–H groups in total. The van der Waals surface area contributed by atoms with Gasteiger partial charge in [-0.3, -0.25) is 0 Å². The molecular formula is C16H28N2O3. The lowest BCUT2D eigenvalue weighted by Crippen LogP contribution is -2.58. The van der Waals surface area contributed by atoms with Crippen molar-refractivity contribution >= 4 is 12.0 Å². The minimum absolute atomic E-state index is 0.192. The second kappa shape index (κ2) is 7.14. The summed E-state index contributed by atoms with van der Waals surface area (Å²) in [7, 11) is 0. The highest BCUT2D eigenvalue weighted by molar-refractivity contribution is 5.86. The molecule has 0 aromatic heterocycles. The number of carboxylic acid groups (broad SMARTS) is 1. The van der Waals surface area contributed by atoms with Crippen LogP contribution in [0, 0.1) is 5.92 Å². The van der Waals surface area contributed by atoms with Gasteiger partial charge in [-0.1, -0.05) is 32.6 Å². The van der Waals surface area contributed by atoms with Crippen molar-refractivity contribution in [1.82, 2.24) is 10.6 Å². The van der Waals surface area contributed by atoms with E-state index in [1.807, 2.05) is 0 Å². The monoisotopic (exact) mass is 296 g/mol. The van der Waals surface area contributed by atoms with Gasteiger partial charge in [0.15, 0.2) is 0 Å². The van der Waals surface area contributed by atoms with Gasteiger partial charge in [0.25, 0.3) is 0 Å². The fraction of sp³-hybridized carbons (Fsp3) is 0.875. The minimum atomic E-state index is -1.07. The number of aliphatic carboxylic acids is 1. The summed E-state index contributed by atoms with van der Waals surface area (Å²) in [6.45, 7) is 2.24. The predicted octanol–water partition coefficient (Wildman–Crippen LogP) is 3.04. The predicted molar refractivity (Wildman–Crippen MR) is 81.2 cm³/mol. The molecule has 0 aliphatic heterocycles. The zero-order chi connectivity index (χ0) is 15.3. The number of hydrogen-bond acceptors (Lipinski definition) is 2. The second-order valence-electron chi connectivity index (χ2n) is 6.86. The average Bonchev–Trinajstić information content (AvgIpc) is 2.68. The highest BCUT2D eigenvalue weighted by atomic mass is 16.4. The number of carbonyl (C=O) groups is 2. The molecule has 0 atom stereocenters. The van der Waals surface area contributed by atoms with E-state index in [9.17, 15) is 14.7 Å². The van der Waals surface area contributed by atoms with Crippen molar-refractivity contribution < 1.29 is 14.7 Å². The highest BCUT2D eigenvalue weighted by Crippen LogP contribution is 2.28. The van der Waals surface area contributed by atoms with Gasteiger partial charge in [-0.15, -0.1) is 0 Å². The number of carboxylic acids is 1. The van der Waals surface area contributed by atoms with Crippen molar-refractivity contribution in [1.29, 1.82) is 0 Å². The molecule has 0 aromatic rings. The number of rotatable bonds is 3. The first-order valence-electron chi connectivity index (χ1n) is 8.34. The summed E-state index contributed by atoms with van der Waals surface area (Å²) in [5.74, 6) is -0.157. The van der Waals surface area contributed by atoms with Crippen LogP contribution in [0.15, 0.2) is 0 Å². The van der Waals surface area contributed by atoms with Crippen LogP contribution in [-0.2, 0) is 4.79 Å². The third kappa shape index (κ3) is 4.35. The molecular weight excluding hydrogens is 268 g/mol. The molecule has 5 nitrogen and oxygen atoms in total. The second-order valence-corrected chi connectivity index (χ2v) is 6.86. The Hall–Kier alpha value is -1.26. The Morgan fingerprint density at radius 3 is 2.10 bits per heavy atom. The lowest BCUT2D eigenvalue weighted by atomic mass is 9.87. The van der Waals surface area contributed by atoms with Crippen LogP contribution in [0.3, 0.4) is 0 Å². The third-order valence-corrected chi connectivity index (χ3v) is 5.07. The van der Waals surface area contributed by atoms with Crippen molar-refractivity contribution in [2.24, 2.45) is 5.92 Å². The molecule has 2 saturated carbocycles. The van der Waals surface area contributed by atoms with Gasteiger partial charge in [0.1, 0.15) is 5.54 Å². The molecule has 0 unspecified atom stereocenters. The lowest BCUT2D eigenvalue weighted by molar-refractivity contribution is -0.145. The van der Waals surface area contributed by atoms with Gasteiger partial charge in [-0.05, 0) is 44.4 Å². The fourth-order valence-electron chi connectivity index (χ4n) is 3.57. The van der Waals surface area contributed by atoms with Gasteiger partial charge in [-0.2, -0.15) is 0 Å². The average molecular weight is 296 g/mol. The summed E-state index contributed by atoms with van der Waals surface area (Å²) < 4.78 is 0. The Morgan fingerprint density at radius 2 is 1.57 bits per heavy atom. The molecule has 2 aliphatic rings. The molecule has 0 aromatic carbocycles. The summed E-state index contributed by atoms with van der Waals surface area (Å²) >= 11 is 0. The zero-order valence-corrected chi connectivity index (χ0v) is 13.0. The van der Waals surface area contributed by atoms with Crippen molar-refractivity contribution in [3.63, 3.8) is 0 Å². The van der Waals surface area contributed by atoms with Gasteiger partial charge in [0.2, 0.25) is 0 Å². The zero-order valence-electron chi connectivity index (χ0n) is 13.0. The van der Waals surface area contributed by atoms with E-state index >= 15 is 0 Å². The summed E-state index contributed by atoms with van der Waals surface area (Å²) in [5.41, 5.74) is -1.07. The largest absolute Gasteiger partial charge is 0.480 e. The lowest BCUT2D eigenvalue weighted by Gasteiger charge is -2.32. The van der Waals surface area contributed by atoms with E-state index < -0.39 is 11.5 Å². The van der Waals surface area contributed by atoms with Crippen molar-refractivity contribution in [3.8, 4) is 0 Å². The first-order valence-corrected chi connectivity index (χ1v) is 8.34. The van der Waals surface area contributed by atoms with E-state index in [2.05, 4.69) is 17.6 Å². The Kier molecular flexibility index (Phi) is 5.48. The molecule has 2 rings (SSSR count). The Balaban J connectivity index is 1.90. The first kappa shape index (κ1) is 16.1. The third-order valence-electron chi connectivity index (χ3n) is 5.07. The Bertz CT molecular complexity index is 368. The van der Waals surface area contributed by atoms with Gasteiger partial charge in [-0.25, -0.2) is 9.59 Å². The molecule has 5 heteroatoms. The topological polar surface area (TPSA) is 78.4 Å². The number of hydrogen-bond donors (Lipinski definition) is 3. The Morgan fingerprint density at radius 1 is 1.00 bits per heavy atom. The normalized spacial score (nSPS) is 29.2. The van der Waals surface area contributed by atoms with Crippen molar-refractivity contribution in [2.75, 3.05) is 0 Å². The van der Waals surface area contributed by atoms with Crippen LogP contribution >= 0.6 is 0 Å². The summed E-state index contributed by atoms with van der Waals surface area (Å²) in [5, 5.41) is 15.3. The smallest absolute Gasteiger partial charge is 0.329 e. The van der Waals surface area contributed by atoms with Gasteiger partial charge < -0.3 is 15.7 Å². The summed E-state index contributed by atoms with van der Waals surface area (Å²) in [6, 6.07) is -0.114. The number of nitrogens with one attached hydrogen (secondary N) is 2. The Labute approximate surface area is 126 Å². The van der Waals surface area contributed by atoms with E-state index in [0.29, 0.717) is 12.8 Å². The molecule has 120 valence electrons. The molecule has 0 bridgehead atoms. The number of carbonyl (C=O) groups excluding carboxylic acids is 1. The van der Waals surface area contributed by atoms with Crippen LogP contribution in [-0.4, -0.2) is 28.7 Å². The van der Waals surface area contributed by atoms with Crippen LogP contribution < -0.4 is 10.6 Å². The molecule has 2 amide bonds. The summed E-state index contributed by atoms with van der Waals surface area (Å²) in [6.07, 6.45) is 9.18. The summed E-state index contributed by atoms with van der Waals surface area (Å²) in [4.78, 5) is 23.9. The SMILES string of the molecule is CC1CCC(NC(=O)NC2(C(=O)O)CCCCCC2)CC1. The van der Waals surface area contributed by atoms with Gasteiger partial charge in [0.05, 0.1) is 0 Å². The highest BCUT2D eigenvalue weighted by Gasteiger charge is 2.40. The van der Waals surface area contributed by atoms with E-state index in [1.54, 1.807) is 0 Å². The molecule has 0 spiro atoms. The van der Waals surface area contributed by atoms with Crippen LogP contribution in [0.5, 0.6) is 0 Å². The molecule has 21 heavy (non-hydrogen) atoms. The maximum atomic E-state index is 12.2. The van der Waals surface area contributed by atoms with E-state index in [1.165, 1.54) is 0 Å². The van der Waals surface area contributed by atoms with Gasteiger partial charge in [0, 0.05) is 6.04 Å².